The molecule has 130 valence electrons. The number of hydrogen-bond donors (Lipinski definition) is 2. The minimum atomic E-state index is -0.532. The molecule has 1 saturated heterocycles. The predicted octanol–water partition coefficient (Wildman–Crippen LogP) is 1.53. The van der Waals surface area contributed by atoms with Gasteiger partial charge in [0.2, 0.25) is 17.6 Å². The van der Waals surface area contributed by atoms with Gasteiger partial charge in [-0.25, -0.2) is 0 Å². The van der Waals surface area contributed by atoms with E-state index < -0.39 is 6.04 Å². The lowest BCUT2D eigenvalue weighted by atomic mass is 9.92. The number of amides is 1. The van der Waals surface area contributed by atoms with E-state index in [1.54, 1.807) is 0 Å². The van der Waals surface area contributed by atoms with E-state index >= 15 is 0 Å². The molecule has 1 aliphatic heterocycles. The molecule has 1 aliphatic rings. The lowest BCUT2D eigenvalue weighted by molar-refractivity contribution is -0.124. The van der Waals surface area contributed by atoms with Crippen LogP contribution in [0.1, 0.15) is 18.7 Å². The zero-order chi connectivity index (χ0) is 16.1. The number of nitrogens with one attached hydrogen (secondary N) is 1. The van der Waals surface area contributed by atoms with Crippen LogP contribution in [0.2, 0.25) is 0 Å². The number of benzene rings is 1. The zero-order valence-electron chi connectivity index (χ0n) is 13.2. The molecule has 8 heteroatoms. The third kappa shape index (κ3) is 4.53. The Balaban J connectivity index is 0.00000208. The maximum atomic E-state index is 12.1. The first-order valence-corrected chi connectivity index (χ1v) is 7.73. The quantitative estimate of drug-likeness (QED) is 0.845. The first kappa shape index (κ1) is 18.4. The molecule has 2 heterocycles. The van der Waals surface area contributed by atoms with Crippen LogP contribution < -0.4 is 11.1 Å². The lowest BCUT2D eigenvalue weighted by Gasteiger charge is -2.26. The second-order valence-corrected chi connectivity index (χ2v) is 5.57. The van der Waals surface area contributed by atoms with Gasteiger partial charge in [-0.05, 0) is 18.8 Å². The average Bonchev–Trinajstić information content (AvgIpc) is 3.09. The van der Waals surface area contributed by atoms with E-state index in [2.05, 4.69) is 15.5 Å². The molecule has 0 bridgehead atoms. The summed E-state index contributed by atoms with van der Waals surface area (Å²) in [4.78, 5) is 16.4. The fraction of sp³-hybridized carbons (Fsp3) is 0.438. The van der Waals surface area contributed by atoms with Gasteiger partial charge >= 0.3 is 0 Å². The Hall–Kier alpha value is -1.96. The SMILES string of the molecule is Cl.NC(C(=O)NCc1nc(-c2ccccc2)no1)C1CCOCC1. The molecule has 0 saturated carbocycles. The summed E-state index contributed by atoms with van der Waals surface area (Å²) in [5.41, 5.74) is 6.89. The van der Waals surface area contributed by atoms with Gasteiger partial charge in [-0.3, -0.25) is 4.79 Å². The number of rotatable bonds is 5. The van der Waals surface area contributed by atoms with Crippen molar-refractivity contribution < 1.29 is 14.1 Å². The second kappa shape index (κ2) is 8.77. The van der Waals surface area contributed by atoms with Crippen LogP contribution in [0.5, 0.6) is 0 Å². The number of ether oxygens (including phenoxy) is 1. The van der Waals surface area contributed by atoms with Crippen molar-refractivity contribution in [3.8, 4) is 11.4 Å². The van der Waals surface area contributed by atoms with Gasteiger partial charge in [0.1, 0.15) is 0 Å². The van der Waals surface area contributed by atoms with E-state index in [1.807, 2.05) is 30.3 Å². The fourth-order valence-corrected chi connectivity index (χ4v) is 2.60. The highest BCUT2D eigenvalue weighted by atomic mass is 35.5. The summed E-state index contributed by atoms with van der Waals surface area (Å²) in [5.74, 6) is 0.822. The van der Waals surface area contributed by atoms with Crippen molar-refractivity contribution in [2.45, 2.75) is 25.4 Å². The number of nitrogens with zero attached hydrogens (tertiary/aromatic N) is 2. The molecule has 0 aliphatic carbocycles. The maximum absolute atomic E-state index is 12.1. The first-order chi connectivity index (χ1) is 11.2. The standard InChI is InChI=1S/C16H20N4O3.ClH/c17-14(11-6-8-22-9-7-11)16(21)18-10-13-19-15(20-23-13)12-4-2-1-3-5-12;/h1-5,11,14H,6-10,17H2,(H,18,21);1H. The highest BCUT2D eigenvalue weighted by Gasteiger charge is 2.26. The monoisotopic (exact) mass is 352 g/mol. The summed E-state index contributed by atoms with van der Waals surface area (Å²) in [7, 11) is 0. The van der Waals surface area contributed by atoms with Gasteiger partial charge in [0.15, 0.2) is 0 Å². The Kier molecular flexibility index (Phi) is 6.72. The predicted molar refractivity (Wildman–Crippen MR) is 90.3 cm³/mol. The van der Waals surface area contributed by atoms with Gasteiger partial charge in [-0.1, -0.05) is 35.5 Å². The molecule has 1 aromatic heterocycles. The highest BCUT2D eigenvalue weighted by Crippen LogP contribution is 2.18. The van der Waals surface area contributed by atoms with Gasteiger partial charge in [-0.2, -0.15) is 4.98 Å². The normalized spacial score (nSPS) is 16.2. The summed E-state index contributed by atoms with van der Waals surface area (Å²) < 4.78 is 10.4. The molecule has 1 amide bonds. The van der Waals surface area contributed by atoms with Crippen LogP contribution in [0.4, 0.5) is 0 Å². The third-order valence-electron chi connectivity index (χ3n) is 3.99. The van der Waals surface area contributed by atoms with Gasteiger partial charge < -0.3 is 20.3 Å². The first-order valence-electron chi connectivity index (χ1n) is 7.73. The molecule has 24 heavy (non-hydrogen) atoms. The van der Waals surface area contributed by atoms with E-state index in [9.17, 15) is 4.79 Å². The summed E-state index contributed by atoms with van der Waals surface area (Å²) in [6.45, 7) is 1.50. The minimum absolute atomic E-state index is 0. The van der Waals surface area contributed by atoms with Crippen LogP contribution in [-0.4, -0.2) is 35.3 Å². The molecule has 1 aromatic carbocycles. The fourth-order valence-electron chi connectivity index (χ4n) is 2.60. The second-order valence-electron chi connectivity index (χ2n) is 5.57. The van der Waals surface area contributed by atoms with Crippen molar-refractivity contribution in [2.24, 2.45) is 11.7 Å². The Morgan fingerprint density at radius 3 is 2.71 bits per heavy atom. The Morgan fingerprint density at radius 1 is 1.29 bits per heavy atom. The molecule has 7 nitrogen and oxygen atoms in total. The largest absolute Gasteiger partial charge is 0.381 e. The van der Waals surface area contributed by atoms with Gasteiger partial charge in [0, 0.05) is 18.8 Å². The molecule has 1 fully saturated rings. The summed E-state index contributed by atoms with van der Waals surface area (Å²) >= 11 is 0. The van der Waals surface area contributed by atoms with Crippen molar-refractivity contribution in [3.05, 3.63) is 36.2 Å². The van der Waals surface area contributed by atoms with E-state index in [1.165, 1.54) is 0 Å². The Morgan fingerprint density at radius 2 is 2.00 bits per heavy atom. The number of halogens is 1. The number of aromatic nitrogens is 2. The molecule has 1 atom stereocenters. The third-order valence-corrected chi connectivity index (χ3v) is 3.99. The minimum Gasteiger partial charge on any atom is -0.381 e. The molecule has 0 radical (unpaired) electrons. The highest BCUT2D eigenvalue weighted by molar-refractivity contribution is 5.85. The van der Waals surface area contributed by atoms with E-state index in [0.717, 1.165) is 18.4 Å². The molecular formula is C16H21ClN4O3. The van der Waals surface area contributed by atoms with Crippen molar-refractivity contribution in [1.82, 2.24) is 15.5 Å². The van der Waals surface area contributed by atoms with Crippen LogP contribution in [0.25, 0.3) is 11.4 Å². The summed E-state index contributed by atoms with van der Waals surface area (Å²) in [6.07, 6.45) is 1.63. The van der Waals surface area contributed by atoms with Crippen LogP contribution in [0.3, 0.4) is 0 Å². The lowest BCUT2D eigenvalue weighted by Crippen LogP contribution is -2.46. The number of hydrogen-bond acceptors (Lipinski definition) is 6. The van der Waals surface area contributed by atoms with E-state index in [0.29, 0.717) is 24.9 Å². The van der Waals surface area contributed by atoms with Crippen LogP contribution >= 0.6 is 12.4 Å². The van der Waals surface area contributed by atoms with Gasteiger partial charge in [0.25, 0.3) is 0 Å². The topological polar surface area (TPSA) is 103 Å². The number of carbonyl (C=O) groups excluding carboxylic acids is 1. The molecule has 1 unspecified atom stereocenters. The smallest absolute Gasteiger partial charge is 0.246 e. The molecular weight excluding hydrogens is 332 g/mol. The van der Waals surface area contributed by atoms with Crippen LogP contribution in [-0.2, 0) is 16.1 Å². The Labute approximate surface area is 146 Å². The van der Waals surface area contributed by atoms with Crippen molar-refractivity contribution >= 4 is 18.3 Å². The Bertz CT molecular complexity index is 644. The molecule has 2 aromatic rings. The molecule has 0 spiro atoms. The van der Waals surface area contributed by atoms with Gasteiger partial charge in [0.05, 0.1) is 12.6 Å². The maximum Gasteiger partial charge on any atom is 0.246 e. The van der Waals surface area contributed by atoms with Gasteiger partial charge in [-0.15, -0.1) is 12.4 Å². The van der Waals surface area contributed by atoms with Crippen molar-refractivity contribution in [3.63, 3.8) is 0 Å². The van der Waals surface area contributed by atoms with E-state index in [-0.39, 0.29) is 30.8 Å². The van der Waals surface area contributed by atoms with Crippen LogP contribution in [0.15, 0.2) is 34.9 Å². The average molecular weight is 353 g/mol. The van der Waals surface area contributed by atoms with Crippen molar-refractivity contribution in [1.29, 1.82) is 0 Å². The molecule has 3 rings (SSSR count). The van der Waals surface area contributed by atoms with Crippen molar-refractivity contribution in [2.75, 3.05) is 13.2 Å². The number of nitrogens with two attached hydrogens (primary N) is 1. The molecule has 3 N–H and O–H groups in total. The van der Waals surface area contributed by atoms with Crippen LogP contribution in [0, 0.1) is 5.92 Å². The summed E-state index contributed by atoms with van der Waals surface area (Å²) in [6, 6.07) is 8.99. The zero-order valence-corrected chi connectivity index (χ0v) is 14.0. The number of carbonyl (C=O) groups is 1. The van der Waals surface area contributed by atoms with E-state index in [4.69, 9.17) is 15.0 Å². The summed E-state index contributed by atoms with van der Waals surface area (Å²) in [5, 5.41) is 6.67.